The third-order valence-corrected chi connectivity index (χ3v) is 6.11. The van der Waals surface area contributed by atoms with E-state index in [9.17, 15) is 14.9 Å². The van der Waals surface area contributed by atoms with Gasteiger partial charge in [0.1, 0.15) is 12.4 Å². The lowest BCUT2D eigenvalue weighted by molar-refractivity contribution is -0.384. The standard InChI is InChI=1S/C27H25ClN4O4/c1-17-4-6-20(7-5-17)15-31-19(3)26(18(2)30-31)29-27(33)22-10-8-21(9-11-22)16-36-25-13-12-23(32(34)35)14-24(25)28/h4-14H,15-16H2,1-3H3,(H,29,33). The lowest BCUT2D eigenvalue weighted by Crippen LogP contribution is -2.13. The molecule has 1 amide bonds. The first kappa shape index (κ1) is 24.9. The lowest BCUT2D eigenvalue weighted by Gasteiger charge is -2.10. The molecule has 3 aromatic carbocycles. The Morgan fingerprint density at radius 2 is 1.69 bits per heavy atom. The molecular weight excluding hydrogens is 480 g/mol. The third kappa shape index (κ3) is 5.72. The van der Waals surface area contributed by atoms with E-state index in [1.54, 1.807) is 24.3 Å². The monoisotopic (exact) mass is 504 g/mol. The Kier molecular flexibility index (Phi) is 7.36. The lowest BCUT2D eigenvalue weighted by atomic mass is 10.1. The molecule has 0 fully saturated rings. The first-order chi connectivity index (χ1) is 17.2. The van der Waals surface area contributed by atoms with Gasteiger partial charge in [0.05, 0.1) is 33.6 Å². The highest BCUT2D eigenvalue weighted by molar-refractivity contribution is 6.32. The van der Waals surface area contributed by atoms with Crippen LogP contribution in [-0.2, 0) is 13.2 Å². The number of nitro benzene ring substituents is 1. The van der Waals surface area contributed by atoms with Crippen molar-refractivity contribution < 1.29 is 14.5 Å². The van der Waals surface area contributed by atoms with E-state index in [0.717, 1.165) is 22.5 Å². The second-order valence-corrected chi connectivity index (χ2v) is 8.91. The summed E-state index contributed by atoms with van der Waals surface area (Å²) >= 11 is 6.07. The Bertz CT molecular complexity index is 1410. The van der Waals surface area contributed by atoms with E-state index in [4.69, 9.17) is 16.3 Å². The maximum Gasteiger partial charge on any atom is 0.271 e. The molecule has 4 aromatic rings. The number of non-ortho nitro benzene ring substituents is 1. The number of carbonyl (C=O) groups excluding carboxylic acids is 1. The molecule has 0 spiro atoms. The van der Waals surface area contributed by atoms with Gasteiger partial charge in [-0.25, -0.2) is 0 Å². The topological polar surface area (TPSA) is 99.3 Å². The molecule has 0 aliphatic rings. The molecule has 0 unspecified atom stereocenters. The van der Waals surface area contributed by atoms with E-state index in [2.05, 4.69) is 41.6 Å². The van der Waals surface area contributed by atoms with Crippen molar-refractivity contribution in [2.45, 2.75) is 33.9 Å². The highest BCUT2D eigenvalue weighted by Crippen LogP contribution is 2.29. The van der Waals surface area contributed by atoms with E-state index >= 15 is 0 Å². The van der Waals surface area contributed by atoms with E-state index in [1.807, 2.05) is 18.5 Å². The smallest absolute Gasteiger partial charge is 0.271 e. The van der Waals surface area contributed by atoms with Gasteiger partial charge in [0.25, 0.3) is 11.6 Å². The zero-order valence-corrected chi connectivity index (χ0v) is 20.9. The number of halogens is 1. The number of nitrogens with one attached hydrogen (secondary N) is 1. The van der Waals surface area contributed by atoms with Crippen LogP contribution in [0.4, 0.5) is 11.4 Å². The van der Waals surface area contributed by atoms with Crippen LogP contribution in [0.3, 0.4) is 0 Å². The van der Waals surface area contributed by atoms with Crippen molar-refractivity contribution in [1.29, 1.82) is 0 Å². The molecule has 0 bridgehead atoms. The summed E-state index contributed by atoms with van der Waals surface area (Å²) in [5.41, 5.74) is 5.88. The number of ether oxygens (including phenoxy) is 1. The molecule has 1 aromatic heterocycles. The van der Waals surface area contributed by atoms with Crippen LogP contribution in [0.2, 0.25) is 5.02 Å². The Morgan fingerprint density at radius 1 is 1.03 bits per heavy atom. The fourth-order valence-corrected chi connectivity index (χ4v) is 3.95. The second kappa shape index (κ2) is 10.6. The van der Waals surface area contributed by atoms with Gasteiger partial charge in [-0.05, 0) is 50.1 Å². The summed E-state index contributed by atoms with van der Waals surface area (Å²) < 4.78 is 7.57. The van der Waals surface area contributed by atoms with Gasteiger partial charge in [-0.15, -0.1) is 0 Å². The predicted octanol–water partition coefficient (Wildman–Crippen LogP) is 6.25. The maximum absolute atomic E-state index is 12.9. The average Bonchev–Trinajstić information content (AvgIpc) is 3.12. The summed E-state index contributed by atoms with van der Waals surface area (Å²) in [5, 5.41) is 18.6. The van der Waals surface area contributed by atoms with Crippen LogP contribution in [0.1, 0.15) is 38.4 Å². The minimum atomic E-state index is -0.516. The Labute approximate surface area is 213 Å². The number of aromatic nitrogens is 2. The normalized spacial score (nSPS) is 10.8. The largest absolute Gasteiger partial charge is 0.487 e. The van der Waals surface area contributed by atoms with Gasteiger partial charge >= 0.3 is 0 Å². The van der Waals surface area contributed by atoms with Crippen LogP contribution in [0, 0.1) is 30.9 Å². The Balaban J connectivity index is 1.39. The fraction of sp³-hybridized carbons (Fsp3) is 0.185. The molecule has 0 atom stereocenters. The van der Waals surface area contributed by atoms with Gasteiger partial charge < -0.3 is 10.1 Å². The molecule has 9 heteroatoms. The Hall–Kier alpha value is -4.17. The van der Waals surface area contributed by atoms with E-state index in [0.29, 0.717) is 23.5 Å². The van der Waals surface area contributed by atoms with Crippen molar-refractivity contribution in [2.75, 3.05) is 5.32 Å². The number of anilines is 1. The number of hydrogen-bond donors (Lipinski definition) is 1. The van der Waals surface area contributed by atoms with E-state index in [1.165, 1.54) is 23.8 Å². The molecule has 0 aliphatic carbocycles. The molecule has 0 saturated carbocycles. The number of aryl methyl sites for hydroxylation is 2. The van der Waals surface area contributed by atoms with Gasteiger partial charge in [0.15, 0.2) is 0 Å². The summed E-state index contributed by atoms with van der Waals surface area (Å²) in [5.74, 6) is 0.111. The molecule has 1 N–H and O–H groups in total. The first-order valence-electron chi connectivity index (χ1n) is 11.3. The number of hydrogen-bond acceptors (Lipinski definition) is 5. The van der Waals surface area contributed by atoms with E-state index in [-0.39, 0.29) is 23.2 Å². The van der Waals surface area contributed by atoms with Gasteiger partial charge in [-0.2, -0.15) is 5.10 Å². The number of amides is 1. The summed E-state index contributed by atoms with van der Waals surface area (Å²) in [7, 11) is 0. The van der Waals surface area contributed by atoms with Crippen LogP contribution in [0.25, 0.3) is 0 Å². The SMILES string of the molecule is Cc1ccc(Cn2nc(C)c(NC(=O)c3ccc(COc4ccc([N+](=O)[O-])cc4Cl)cc3)c2C)cc1. The Morgan fingerprint density at radius 3 is 2.33 bits per heavy atom. The van der Waals surface area contributed by atoms with Crippen molar-refractivity contribution in [3.05, 3.63) is 116 Å². The average molecular weight is 505 g/mol. The van der Waals surface area contributed by atoms with Crippen LogP contribution in [0.15, 0.2) is 66.7 Å². The van der Waals surface area contributed by atoms with Gasteiger partial charge in [-0.1, -0.05) is 53.6 Å². The summed E-state index contributed by atoms with van der Waals surface area (Å²) in [6.45, 7) is 6.68. The number of rotatable bonds is 8. The minimum Gasteiger partial charge on any atom is -0.487 e. The molecular formula is C27H25ClN4O4. The molecule has 0 radical (unpaired) electrons. The van der Waals surface area contributed by atoms with Gasteiger partial charge in [0.2, 0.25) is 0 Å². The van der Waals surface area contributed by atoms with Crippen LogP contribution in [0.5, 0.6) is 5.75 Å². The number of benzene rings is 3. The van der Waals surface area contributed by atoms with E-state index < -0.39 is 4.92 Å². The zero-order chi connectivity index (χ0) is 25.8. The van der Waals surface area contributed by atoms with Crippen molar-refractivity contribution in [1.82, 2.24) is 9.78 Å². The third-order valence-electron chi connectivity index (χ3n) is 5.81. The predicted molar refractivity (Wildman–Crippen MR) is 139 cm³/mol. The molecule has 0 aliphatic heterocycles. The van der Waals surface area contributed by atoms with Crippen LogP contribution < -0.4 is 10.1 Å². The maximum atomic E-state index is 12.9. The molecule has 8 nitrogen and oxygen atoms in total. The fourth-order valence-electron chi connectivity index (χ4n) is 3.72. The van der Waals surface area contributed by atoms with Crippen molar-refractivity contribution in [2.24, 2.45) is 0 Å². The molecule has 0 saturated heterocycles. The molecule has 184 valence electrons. The zero-order valence-electron chi connectivity index (χ0n) is 20.1. The second-order valence-electron chi connectivity index (χ2n) is 8.50. The molecule has 36 heavy (non-hydrogen) atoms. The van der Waals surface area contributed by atoms with Gasteiger partial charge in [-0.3, -0.25) is 19.6 Å². The summed E-state index contributed by atoms with van der Waals surface area (Å²) in [4.78, 5) is 23.2. The van der Waals surface area contributed by atoms with Crippen molar-refractivity contribution in [3.63, 3.8) is 0 Å². The minimum absolute atomic E-state index is 0.103. The van der Waals surface area contributed by atoms with Crippen LogP contribution >= 0.6 is 11.6 Å². The number of nitro groups is 1. The number of carbonyl (C=O) groups is 1. The van der Waals surface area contributed by atoms with Crippen molar-refractivity contribution >= 4 is 28.9 Å². The first-order valence-corrected chi connectivity index (χ1v) is 11.7. The van der Waals surface area contributed by atoms with Crippen LogP contribution in [-0.4, -0.2) is 20.6 Å². The van der Waals surface area contributed by atoms with Gasteiger partial charge in [0, 0.05) is 17.7 Å². The highest BCUT2D eigenvalue weighted by atomic mass is 35.5. The highest BCUT2D eigenvalue weighted by Gasteiger charge is 2.16. The summed E-state index contributed by atoms with van der Waals surface area (Å²) in [6, 6.07) is 19.3. The quantitative estimate of drug-likeness (QED) is 0.226. The molecule has 4 rings (SSSR count). The number of nitrogens with zero attached hydrogens (tertiary/aromatic N) is 3. The molecule has 1 heterocycles. The summed E-state index contributed by atoms with van der Waals surface area (Å²) in [6.07, 6.45) is 0. The van der Waals surface area contributed by atoms with Crippen molar-refractivity contribution in [3.8, 4) is 5.75 Å².